The van der Waals surface area contributed by atoms with Gasteiger partial charge in [0.05, 0.1) is 21.8 Å². The first-order valence-electron chi connectivity index (χ1n) is 9.44. The first-order chi connectivity index (χ1) is 14.9. The summed E-state index contributed by atoms with van der Waals surface area (Å²) in [5, 5.41) is 23.5. The maximum Gasteiger partial charge on any atom is 0.280 e. The highest BCUT2D eigenvalue weighted by molar-refractivity contribution is 7.11. The van der Waals surface area contributed by atoms with E-state index in [1.807, 2.05) is 36.6 Å². The number of allylic oxidation sites excluding steroid dienone is 1. The van der Waals surface area contributed by atoms with Gasteiger partial charge in [0.25, 0.3) is 5.69 Å². The van der Waals surface area contributed by atoms with Crippen LogP contribution in [0.2, 0.25) is 0 Å². The van der Waals surface area contributed by atoms with Crippen LogP contribution in [0.4, 0.5) is 5.69 Å². The number of thiazole rings is 1. The van der Waals surface area contributed by atoms with Gasteiger partial charge in [-0.3, -0.25) is 10.1 Å². The number of nitriles is 1. The van der Waals surface area contributed by atoms with Gasteiger partial charge in [-0.2, -0.15) is 5.26 Å². The molecule has 0 saturated carbocycles. The molecule has 31 heavy (non-hydrogen) atoms. The van der Waals surface area contributed by atoms with Crippen LogP contribution in [0.3, 0.4) is 0 Å². The first kappa shape index (κ1) is 20.3. The summed E-state index contributed by atoms with van der Waals surface area (Å²) in [7, 11) is 0. The van der Waals surface area contributed by atoms with Crippen molar-refractivity contribution in [1.82, 2.24) is 4.98 Å². The molecule has 152 valence electrons. The molecule has 4 aromatic rings. The van der Waals surface area contributed by atoms with E-state index in [-0.39, 0.29) is 5.69 Å². The third-order valence-electron chi connectivity index (χ3n) is 4.73. The summed E-state index contributed by atoms with van der Waals surface area (Å²) in [5.74, 6) is 0.795. The van der Waals surface area contributed by atoms with Crippen molar-refractivity contribution in [2.24, 2.45) is 0 Å². The Morgan fingerprint density at radius 3 is 2.58 bits per heavy atom. The molecule has 0 unspecified atom stereocenters. The summed E-state index contributed by atoms with van der Waals surface area (Å²) in [5.41, 5.74) is 4.48. The SMILES string of the molecule is Cc1ccc(-c2csc(/C(C#N)=C/c3ccc(-c4ccc(C)cc4[N+](=O)[O-])o3)n2)cc1. The number of aromatic nitrogens is 1. The van der Waals surface area contributed by atoms with Crippen molar-refractivity contribution in [2.45, 2.75) is 13.8 Å². The zero-order valence-electron chi connectivity index (χ0n) is 16.8. The monoisotopic (exact) mass is 427 g/mol. The van der Waals surface area contributed by atoms with Crippen LogP contribution in [0.5, 0.6) is 0 Å². The van der Waals surface area contributed by atoms with Crippen LogP contribution in [0.15, 0.2) is 64.4 Å². The molecule has 0 aliphatic heterocycles. The van der Waals surface area contributed by atoms with Gasteiger partial charge in [-0.1, -0.05) is 35.9 Å². The zero-order valence-corrected chi connectivity index (χ0v) is 17.6. The van der Waals surface area contributed by atoms with Crippen LogP contribution >= 0.6 is 11.3 Å². The fraction of sp³-hybridized carbons (Fsp3) is 0.0833. The minimum absolute atomic E-state index is 0.0203. The summed E-state index contributed by atoms with van der Waals surface area (Å²) in [6.07, 6.45) is 1.60. The lowest BCUT2D eigenvalue weighted by Gasteiger charge is -2.01. The Kier molecular flexibility index (Phi) is 5.48. The van der Waals surface area contributed by atoms with E-state index in [2.05, 4.69) is 11.1 Å². The van der Waals surface area contributed by atoms with E-state index < -0.39 is 4.92 Å². The van der Waals surface area contributed by atoms with E-state index in [9.17, 15) is 15.4 Å². The lowest BCUT2D eigenvalue weighted by atomic mass is 10.1. The number of nitro groups is 1. The van der Waals surface area contributed by atoms with Gasteiger partial charge < -0.3 is 4.42 Å². The lowest BCUT2D eigenvalue weighted by Crippen LogP contribution is -1.92. The lowest BCUT2D eigenvalue weighted by molar-refractivity contribution is -0.384. The molecule has 0 aliphatic carbocycles. The second-order valence-electron chi connectivity index (χ2n) is 7.05. The van der Waals surface area contributed by atoms with Gasteiger partial charge in [-0.05, 0) is 37.6 Å². The molecule has 0 fully saturated rings. The van der Waals surface area contributed by atoms with Gasteiger partial charge in [0.2, 0.25) is 0 Å². The van der Waals surface area contributed by atoms with Crippen molar-refractivity contribution in [1.29, 1.82) is 5.26 Å². The Morgan fingerprint density at radius 2 is 1.87 bits per heavy atom. The maximum atomic E-state index is 11.4. The molecule has 0 saturated heterocycles. The minimum Gasteiger partial charge on any atom is -0.456 e. The predicted molar refractivity (Wildman–Crippen MR) is 121 cm³/mol. The Balaban J connectivity index is 1.65. The number of rotatable bonds is 5. The average molecular weight is 427 g/mol. The number of hydrogen-bond acceptors (Lipinski definition) is 6. The van der Waals surface area contributed by atoms with Crippen molar-refractivity contribution in [3.8, 4) is 28.7 Å². The summed E-state index contributed by atoms with van der Waals surface area (Å²) in [6.45, 7) is 3.82. The third-order valence-corrected chi connectivity index (χ3v) is 5.61. The molecule has 0 spiro atoms. The Hall–Kier alpha value is -4.02. The molecule has 0 radical (unpaired) electrons. The molecular weight excluding hydrogens is 410 g/mol. The highest BCUT2D eigenvalue weighted by Crippen LogP contribution is 2.33. The summed E-state index contributed by atoms with van der Waals surface area (Å²) in [6, 6.07) is 18.5. The van der Waals surface area contributed by atoms with Crippen molar-refractivity contribution >= 4 is 28.7 Å². The van der Waals surface area contributed by atoms with Crippen molar-refractivity contribution in [3.63, 3.8) is 0 Å². The molecule has 2 aromatic heterocycles. The highest BCUT2D eigenvalue weighted by atomic mass is 32.1. The van der Waals surface area contributed by atoms with Crippen LogP contribution in [-0.2, 0) is 0 Å². The van der Waals surface area contributed by atoms with Crippen molar-refractivity contribution in [3.05, 3.63) is 92.0 Å². The highest BCUT2D eigenvalue weighted by Gasteiger charge is 2.18. The van der Waals surface area contributed by atoms with Crippen LogP contribution in [-0.4, -0.2) is 9.91 Å². The van der Waals surface area contributed by atoms with Gasteiger partial charge in [-0.15, -0.1) is 11.3 Å². The Morgan fingerprint density at radius 1 is 1.13 bits per heavy atom. The van der Waals surface area contributed by atoms with E-state index in [0.29, 0.717) is 27.7 Å². The number of aryl methyl sites for hydroxylation is 2. The molecular formula is C24H17N3O3S. The molecule has 0 atom stereocenters. The average Bonchev–Trinajstić information content (AvgIpc) is 3.42. The second-order valence-corrected chi connectivity index (χ2v) is 7.91. The molecule has 7 heteroatoms. The number of furan rings is 1. The van der Waals surface area contributed by atoms with E-state index >= 15 is 0 Å². The van der Waals surface area contributed by atoms with E-state index in [4.69, 9.17) is 4.42 Å². The Labute approximate surface area is 182 Å². The van der Waals surface area contributed by atoms with Gasteiger partial charge >= 0.3 is 0 Å². The third kappa shape index (κ3) is 4.29. The quantitative estimate of drug-likeness (QED) is 0.202. The maximum absolute atomic E-state index is 11.4. The number of benzene rings is 2. The summed E-state index contributed by atoms with van der Waals surface area (Å²) in [4.78, 5) is 15.6. The number of hydrogen-bond donors (Lipinski definition) is 0. The second kappa shape index (κ2) is 8.38. The van der Waals surface area contributed by atoms with Gasteiger partial charge in [-0.25, -0.2) is 4.98 Å². The summed E-state index contributed by atoms with van der Waals surface area (Å²) < 4.78 is 5.80. The zero-order chi connectivity index (χ0) is 22.0. The molecule has 4 rings (SSSR count). The van der Waals surface area contributed by atoms with Gasteiger partial charge in [0.1, 0.15) is 22.6 Å². The molecule has 6 nitrogen and oxygen atoms in total. The van der Waals surface area contributed by atoms with Crippen LogP contribution in [0, 0.1) is 35.3 Å². The van der Waals surface area contributed by atoms with E-state index in [1.54, 1.807) is 37.3 Å². The minimum atomic E-state index is -0.427. The first-order valence-corrected chi connectivity index (χ1v) is 10.3. The van der Waals surface area contributed by atoms with E-state index in [0.717, 1.165) is 16.8 Å². The van der Waals surface area contributed by atoms with Crippen LogP contribution in [0.25, 0.3) is 34.2 Å². The molecule has 2 aromatic carbocycles. The fourth-order valence-electron chi connectivity index (χ4n) is 3.11. The molecule has 0 N–H and O–H groups in total. The normalized spacial score (nSPS) is 11.3. The number of nitro benzene ring substituents is 1. The number of nitrogens with zero attached hydrogens (tertiary/aromatic N) is 3. The standard InChI is InChI=1S/C24H17N3O3S/c1-15-3-6-17(7-4-15)21-14-31-24(26-21)18(13-25)12-19-8-10-23(30-19)20-9-5-16(2)11-22(20)27(28)29/h3-12,14H,1-2H3/b18-12+. The van der Waals surface area contributed by atoms with Gasteiger partial charge in [0.15, 0.2) is 0 Å². The van der Waals surface area contributed by atoms with Crippen LogP contribution < -0.4 is 0 Å². The van der Waals surface area contributed by atoms with Crippen LogP contribution in [0.1, 0.15) is 21.9 Å². The van der Waals surface area contributed by atoms with Crippen molar-refractivity contribution in [2.75, 3.05) is 0 Å². The predicted octanol–water partition coefficient (Wildman–Crippen LogP) is 6.66. The van der Waals surface area contributed by atoms with Gasteiger partial charge in [0, 0.05) is 23.1 Å². The molecule has 0 amide bonds. The summed E-state index contributed by atoms with van der Waals surface area (Å²) >= 11 is 1.38. The molecule has 0 aliphatic rings. The largest absolute Gasteiger partial charge is 0.456 e. The fourth-order valence-corrected chi connectivity index (χ4v) is 3.91. The Bertz CT molecular complexity index is 1340. The van der Waals surface area contributed by atoms with Crippen molar-refractivity contribution < 1.29 is 9.34 Å². The van der Waals surface area contributed by atoms with E-state index in [1.165, 1.54) is 23.0 Å². The molecule has 0 bridgehead atoms. The topological polar surface area (TPSA) is 93.0 Å². The molecule has 2 heterocycles. The smallest absolute Gasteiger partial charge is 0.280 e.